The second kappa shape index (κ2) is 7.66. The van der Waals surface area contributed by atoms with Crippen molar-refractivity contribution in [3.8, 4) is 0 Å². The lowest BCUT2D eigenvalue weighted by atomic mass is 10.1. The fraction of sp³-hybridized carbons (Fsp3) is 0.235. The Morgan fingerprint density at radius 1 is 1.19 bits per heavy atom. The van der Waals surface area contributed by atoms with Gasteiger partial charge in [0.25, 0.3) is 0 Å². The van der Waals surface area contributed by atoms with Gasteiger partial charge in [-0.25, -0.2) is 0 Å². The number of rotatable bonds is 5. The van der Waals surface area contributed by atoms with Gasteiger partial charge in [0.2, 0.25) is 5.91 Å². The maximum Gasteiger partial charge on any atom is 0.233 e. The third-order valence-corrected chi connectivity index (χ3v) is 4.19. The number of nitrogens with one attached hydrogen (secondary N) is 1. The first kappa shape index (κ1) is 16.1. The van der Waals surface area contributed by atoms with Crippen molar-refractivity contribution < 1.29 is 4.79 Å². The Labute approximate surface area is 139 Å². The van der Waals surface area contributed by atoms with Crippen LogP contribution in [0.5, 0.6) is 0 Å². The largest absolute Gasteiger partial charge is 0.349 e. The number of carbonyl (C=O) groups is 1. The SMILES string of the molecule is CC(NC(=O)C(S)Cc1ccccc1)c1cccc(Br)c1. The normalized spacial score (nSPS) is 13.5. The summed E-state index contributed by atoms with van der Waals surface area (Å²) in [6.07, 6.45) is 0.626. The number of hydrogen-bond acceptors (Lipinski definition) is 2. The van der Waals surface area contributed by atoms with E-state index in [9.17, 15) is 4.79 Å². The Bertz CT molecular complexity index is 603. The number of amides is 1. The first-order valence-corrected chi connectivity index (χ1v) is 8.15. The van der Waals surface area contributed by atoms with E-state index in [1.165, 1.54) is 0 Å². The molecule has 0 bridgehead atoms. The number of benzene rings is 2. The van der Waals surface area contributed by atoms with E-state index in [-0.39, 0.29) is 17.2 Å². The van der Waals surface area contributed by atoms with Gasteiger partial charge in [-0.3, -0.25) is 4.79 Å². The molecule has 0 aliphatic rings. The standard InChI is InChI=1S/C17H18BrNOS/c1-12(14-8-5-9-15(18)11-14)19-17(20)16(21)10-13-6-3-2-4-7-13/h2-9,11-12,16,21H,10H2,1H3,(H,19,20). The second-order valence-corrected chi connectivity index (χ2v) is 6.53. The number of hydrogen-bond donors (Lipinski definition) is 2. The molecular weight excluding hydrogens is 346 g/mol. The minimum atomic E-state index is -0.345. The topological polar surface area (TPSA) is 29.1 Å². The van der Waals surface area contributed by atoms with Gasteiger partial charge >= 0.3 is 0 Å². The van der Waals surface area contributed by atoms with Crippen LogP contribution >= 0.6 is 28.6 Å². The third kappa shape index (κ3) is 4.90. The van der Waals surface area contributed by atoms with Crippen LogP contribution in [0.3, 0.4) is 0 Å². The predicted octanol–water partition coefficient (Wildman–Crippen LogP) is 4.17. The summed E-state index contributed by atoms with van der Waals surface area (Å²) in [7, 11) is 0. The summed E-state index contributed by atoms with van der Waals surface area (Å²) >= 11 is 7.86. The van der Waals surface area contributed by atoms with Gasteiger partial charge < -0.3 is 5.32 Å². The summed E-state index contributed by atoms with van der Waals surface area (Å²) in [6, 6.07) is 17.8. The van der Waals surface area contributed by atoms with Crippen molar-refractivity contribution in [1.82, 2.24) is 5.32 Å². The first-order valence-electron chi connectivity index (χ1n) is 6.84. The van der Waals surface area contributed by atoms with Crippen LogP contribution in [0.2, 0.25) is 0 Å². The van der Waals surface area contributed by atoms with Crippen molar-refractivity contribution >= 4 is 34.5 Å². The smallest absolute Gasteiger partial charge is 0.233 e. The van der Waals surface area contributed by atoms with E-state index in [1.54, 1.807) is 0 Å². The molecule has 0 aliphatic heterocycles. The zero-order valence-corrected chi connectivity index (χ0v) is 14.3. The molecule has 2 unspecified atom stereocenters. The van der Waals surface area contributed by atoms with Crippen LogP contribution in [0.25, 0.3) is 0 Å². The molecule has 2 aromatic carbocycles. The maximum atomic E-state index is 12.2. The number of thiol groups is 1. The molecule has 0 radical (unpaired) electrons. The van der Waals surface area contributed by atoms with Gasteiger partial charge in [-0.15, -0.1) is 0 Å². The third-order valence-electron chi connectivity index (χ3n) is 3.28. The van der Waals surface area contributed by atoms with E-state index in [2.05, 4.69) is 33.9 Å². The summed E-state index contributed by atoms with van der Waals surface area (Å²) in [6.45, 7) is 1.97. The van der Waals surface area contributed by atoms with Crippen LogP contribution in [-0.2, 0) is 11.2 Å². The lowest BCUT2D eigenvalue weighted by Crippen LogP contribution is -2.34. The van der Waals surface area contributed by atoms with Gasteiger partial charge in [-0.2, -0.15) is 12.6 Å². The Kier molecular flexibility index (Phi) is 5.88. The Balaban J connectivity index is 1.94. The van der Waals surface area contributed by atoms with Crippen LogP contribution in [0, 0.1) is 0 Å². The molecule has 21 heavy (non-hydrogen) atoms. The monoisotopic (exact) mass is 363 g/mol. The molecule has 2 rings (SSSR count). The molecule has 1 amide bonds. The van der Waals surface area contributed by atoms with Crippen LogP contribution < -0.4 is 5.32 Å². The zero-order valence-electron chi connectivity index (χ0n) is 11.8. The number of halogens is 1. The predicted molar refractivity (Wildman–Crippen MR) is 93.6 cm³/mol. The summed E-state index contributed by atoms with van der Waals surface area (Å²) in [4.78, 5) is 12.2. The molecule has 0 heterocycles. The van der Waals surface area contributed by atoms with Crippen LogP contribution in [0.15, 0.2) is 59.1 Å². The Morgan fingerprint density at radius 3 is 2.57 bits per heavy atom. The molecule has 110 valence electrons. The molecule has 2 atom stereocenters. The van der Waals surface area contributed by atoms with E-state index >= 15 is 0 Å². The molecule has 2 nitrogen and oxygen atoms in total. The van der Waals surface area contributed by atoms with E-state index in [0.29, 0.717) is 6.42 Å². The quantitative estimate of drug-likeness (QED) is 0.767. The molecular formula is C17H18BrNOS. The number of carbonyl (C=O) groups excluding carboxylic acids is 1. The van der Waals surface area contributed by atoms with Crippen molar-refractivity contribution in [1.29, 1.82) is 0 Å². The Hall–Kier alpha value is -1.26. The summed E-state index contributed by atoms with van der Waals surface area (Å²) < 4.78 is 1.01. The van der Waals surface area contributed by atoms with Gasteiger partial charge in [0.05, 0.1) is 11.3 Å². The molecule has 0 spiro atoms. The second-order valence-electron chi connectivity index (χ2n) is 4.99. The van der Waals surface area contributed by atoms with Crippen molar-refractivity contribution in [2.45, 2.75) is 24.6 Å². The molecule has 0 aromatic heterocycles. The van der Waals surface area contributed by atoms with Gasteiger partial charge in [-0.1, -0.05) is 58.4 Å². The molecule has 1 N–H and O–H groups in total. The molecule has 0 saturated heterocycles. The minimum absolute atomic E-state index is 0.0413. The molecule has 0 fully saturated rings. The van der Waals surface area contributed by atoms with E-state index in [1.807, 2.05) is 61.5 Å². The highest BCUT2D eigenvalue weighted by atomic mass is 79.9. The highest BCUT2D eigenvalue weighted by molar-refractivity contribution is 9.10. The molecule has 4 heteroatoms. The average molecular weight is 364 g/mol. The highest BCUT2D eigenvalue weighted by Crippen LogP contribution is 2.18. The molecule has 2 aromatic rings. The lowest BCUT2D eigenvalue weighted by molar-refractivity contribution is -0.121. The fourth-order valence-electron chi connectivity index (χ4n) is 2.10. The fourth-order valence-corrected chi connectivity index (χ4v) is 2.80. The minimum Gasteiger partial charge on any atom is -0.349 e. The van der Waals surface area contributed by atoms with Crippen molar-refractivity contribution in [3.05, 3.63) is 70.2 Å². The van der Waals surface area contributed by atoms with Gasteiger partial charge in [0.1, 0.15) is 0 Å². The van der Waals surface area contributed by atoms with Crippen molar-refractivity contribution in [2.75, 3.05) is 0 Å². The highest BCUT2D eigenvalue weighted by Gasteiger charge is 2.17. The van der Waals surface area contributed by atoms with E-state index in [0.717, 1.165) is 15.6 Å². The summed E-state index contributed by atoms with van der Waals surface area (Å²) in [5.41, 5.74) is 2.18. The van der Waals surface area contributed by atoms with Crippen LogP contribution in [0.4, 0.5) is 0 Å². The maximum absolute atomic E-state index is 12.2. The van der Waals surface area contributed by atoms with Gasteiger partial charge in [0, 0.05) is 4.47 Å². The first-order chi connectivity index (χ1) is 10.1. The summed E-state index contributed by atoms with van der Waals surface area (Å²) in [5, 5.41) is 2.66. The summed E-state index contributed by atoms with van der Waals surface area (Å²) in [5.74, 6) is -0.0466. The van der Waals surface area contributed by atoms with Crippen molar-refractivity contribution in [3.63, 3.8) is 0 Å². The molecule has 0 saturated carbocycles. The van der Waals surface area contributed by atoms with Crippen LogP contribution in [0.1, 0.15) is 24.1 Å². The van der Waals surface area contributed by atoms with Crippen molar-refractivity contribution in [2.24, 2.45) is 0 Å². The lowest BCUT2D eigenvalue weighted by Gasteiger charge is -2.18. The Morgan fingerprint density at radius 2 is 1.90 bits per heavy atom. The van der Waals surface area contributed by atoms with E-state index in [4.69, 9.17) is 0 Å². The van der Waals surface area contributed by atoms with Gasteiger partial charge in [-0.05, 0) is 36.6 Å². The van der Waals surface area contributed by atoms with E-state index < -0.39 is 0 Å². The zero-order chi connectivity index (χ0) is 15.2. The van der Waals surface area contributed by atoms with Gasteiger partial charge in [0.15, 0.2) is 0 Å². The average Bonchev–Trinajstić information content (AvgIpc) is 2.48. The molecule has 0 aliphatic carbocycles. The van der Waals surface area contributed by atoms with Crippen LogP contribution in [-0.4, -0.2) is 11.2 Å².